The van der Waals surface area contributed by atoms with Crippen LogP contribution in [0.1, 0.15) is 20.8 Å². The summed E-state index contributed by atoms with van der Waals surface area (Å²) in [5, 5.41) is 3.35. The first kappa shape index (κ1) is 11.7. The molecule has 2 heteroatoms. The molecule has 0 heterocycles. The van der Waals surface area contributed by atoms with Crippen molar-refractivity contribution in [3.05, 3.63) is 12.2 Å². The van der Waals surface area contributed by atoms with Gasteiger partial charge in [-0.2, -0.15) is 0 Å². The Morgan fingerprint density at radius 2 is 2.08 bits per heavy atom. The van der Waals surface area contributed by atoms with Crippen molar-refractivity contribution in [3.8, 4) is 0 Å². The smallest absolute Gasteiger partial charge is 0.0199 e. The molecule has 0 aromatic carbocycles. The third-order valence-electron chi connectivity index (χ3n) is 1.79. The van der Waals surface area contributed by atoms with Gasteiger partial charge in [-0.05, 0) is 19.2 Å². The summed E-state index contributed by atoms with van der Waals surface area (Å²) in [5.41, 5.74) is 1.26. The number of rotatable bonds is 6. The molecular weight excluding hydrogens is 148 g/mol. The minimum absolute atomic E-state index is 0.550. The minimum atomic E-state index is 0.550. The van der Waals surface area contributed by atoms with Gasteiger partial charge in [0.25, 0.3) is 0 Å². The van der Waals surface area contributed by atoms with Crippen molar-refractivity contribution in [2.75, 3.05) is 26.7 Å². The van der Waals surface area contributed by atoms with Crippen LogP contribution in [0, 0.1) is 0 Å². The van der Waals surface area contributed by atoms with Crippen LogP contribution in [0.4, 0.5) is 0 Å². The molecule has 72 valence electrons. The van der Waals surface area contributed by atoms with E-state index in [4.69, 9.17) is 0 Å². The molecule has 0 radical (unpaired) electrons. The van der Waals surface area contributed by atoms with Gasteiger partial charge in [0.05, 0.1) is 0 Å². The summed E-state index contributed by atoms with van der Waals surface area (Å²) in [5.74, 6) is 0. The Kier molecular flexibility index (Phi) is 6.03. The maximum absolute atomic E-state index is 4.01. The molecule has 0 saturated carbocycles. The highest BCUT2D eigenvalue weighted by molar-refractivity contribution is 4.99. The first-order valence-electron chi connectivity index (χ1n) is 4.64. The van der Waals surface area contributed by atoms with Crippen molar-refractivity contribution in [1.29, 1.82) is 0 Å². The fourth-order valence-corrected chi connectivity index (χ4v) is 0.898. The average molecular weight is 170 g/mol. The molecule has 0 bridgehead atoms. The maximum Gasteiger partial charge on any atom is 0.0199 e. The van der Waals surface area contributed by atoms with Gasteiger partial charge in [0.15, 0.2) is 0 Å². The maximum atomic E-state index is 4.01. The summed E-state index contributed by atoms with van der Waals surface area (Å²) in [7, 11) is 2.11. The normalized spacial score (nSPS) is 11.2. The standard InChI is InChI=1S/C10H22N2/c1-6-12(5)8-10(4)7-11-9(2)3/h9,11H,4,6-8H2,1-3,5H3. The van der Waals surface area contributed by atoms with E-state index in [1.165, 1.54) is 5.57 Å². The van der Waals surface area contributed by atoms with E-state index in [1.54, 1.807) is 0 Å². The van der Waals surface area contributed by atoms with Gasteiger partial charge in [-0.3, -0.25) is 0 Å². The van der Waals surface area contributed by atoms with Gasteiger partial charge in [0, 0.05) is 19.1 Å². The largest absolute Gasteiger partial charge is 0.311 e. The highest BCUT2D eigenvalue weighted by atomic mass is 15.1. The Hall–Kier alpha value is -0.340. The lowest BCUT2D eigenvalue weighted by Gasteiger charge is -2.17. The molecule has 0 aliphatic carbocycles. The molecule has 0 spiro atoms. The zero-order valence-electron chi connectivity index (χ0n) is 8.85. The summed E-state index contributed by atoms with van der Waals surface area (Å²) in [6.45, 7) is 13.5. The molecule has 2 nitrogen and oxygen atoms in total. The number of hydrogen-bond donors (Lipinski definition) is 1. The van der Waals surface area contributed by atoms with Crippen LogP contribution >= 0.6 is 0 Å². The van der Waals surface area contributed by atoms with Gasteiger partial charge >= 0.3 is 0 Å². The van der Waals surface area contributed by atoms with Crippen molar-refractivity contribution >= 4 is 0 Å². The first-order chi connectivity index (χ1) is 5.56. The van der Waals surface area contributed by atoms with Crippen molar-refractivity contribution in [2.45, 2.75) is 26.8 Å². The van der Waals surface area contributed by atoms with E-state index in [-0.39, 0.29) is 0 Å². The summed E-state index contributed by atoms with van der Waals surface area (Å²) < 4.78 is 0. The van der Waals surface area contributed by atoms with E-state index in [1.807, 2.05) is 0 Å². The molecule has 0 rings (SSSR count). The third-order valence-corrected chi connectivity index (χ3v) is 1.79. The molecule has 0 amide bonds. The fraction of sp³-hybridized carbons (Fsp3) is 0.800. The molecule has 0 aliphatic rings. The summed E-state index contributed by atoms with van der Waals surface area (Å²) in [6, 6.07) is 0.550. The lowest BCUT2D eigenvalue weighted by molar-refractivity contribution is 0.378. The topological polar surface area (TPSA) is 15.3 Å². The zero-order chi connectivity index (χ0) is 9.56. The predicted molar refractivity (Wildman–Crippen MR) is 55.4 cm³/mol. The van der Waals surface area contributed by atoms with Crippen LogP contribution in [0.25, 0.3) is 0 Å². The van der Waals surface area contributed by atoms with Crippen molar-refractivity contribution in [2.24, 2.45) is 0 Å². The van der Waals surface area contributed by atoms with Crippen LogP contribution in [0.2, 0.25) is 0 Å². The molecule has 1 N–H and O–H groups in total. The SMILES string of the molecule is C=C(CNC(C)C)CN(C)CC. The summed E-state index contributed by atoms with van der Waals surface area (Å²) in [4.78, 5) is 2.25. The van der Waals surface area contributed by atoms with Gasteiger partial charge in [0.1, 0.15) is 0 Å². The van der Waals surface area contributed by atoms with Gasteiger partial charge in [-0.1, -0.05) is 27.4 Å². The Bertz CT molecular complexity index is 130. The van der Waals surface area contributed by atoms with Crippen molar-refractivity contribution < 1.29 is 0 Å². The van der Waals surface area contributed by atoms with E-state index in [0.717, 1.165) is 19.6 Å². The van der Waals surface area contributed by atoms with Crippen molar-refractivity contribution in [1.82, 2.24) is 10.2 Å². The first-order valence-corrected chi connectivity index (χ1v) is 4.64. The van der Waals surface area contributed by atoms with E-state index in [2.05, 4.69) is 44.6 Å². The van der Waals surface area contributed by atoms with Crippen LogP contribution in [0.3, 0.4) is 0 Å². The van der Waals surface area contributed by atoms with Gasteiger partial charge in [-0.25, -0.2) is 0 Å². The van der Waals surface area contributed by atoms with Gasteiger partial charge < -0.3 is 10.2 Å². The molecule has 0 fully saturated rings. The lowest BCUT2D eigenvalue weighted by atomic mass is 10.2. The van der Waals surface area contributed by atoms with E-state index in [0.29, 0.717) is 6.04 Å². The summed E-state index contributed by atoms with van der Waals surface area (Å²) in [6.07, 6.45) is 0. The number of nitrogens with zero attached hydrogens (tertiary/aromatic N) is 1. The van der Waals surface area contributed by atoms with Crippen LogP contribution in [0.15, 0.2) is 12.2 Å². The molecule has 0 aromatic rings. The second-order valence-electron chi connectivity index (χ2n) is 3.62. The van der Waals surface area contributed by atoms with E-state index >= 15 is 0 Å². The molecule has 12 heavy (non-hydrogen) atoms. The summed E-state index contributed by atoms with van der Waals surface area (Å²) >= 11 is 0. The third kappa shape index (κ3) is 6.38. The Morgan fingerprint density at radius 3 is 2.50 bits per heavy atom. The molecule has 0 aliphatic heterocycles. The highest BCUT2D eigenvalue weighted by Crippen LogP contribution is 1.92. The fourth-order valence-electron chi connectivity index (χ4n) is 0.898. The van der Waals surface area contributed by atoms with Gasteiger partial charge in [-0.15, -0.1) is 0 Å². The van der Waals surface area contributed by atoms with Gasteiger partial charge in [0.2, 0.25) is 0 Å². The Balaban J connectivity index is 3.46. The van der Waals surface area contributed by atoms with Crippen LogP contribution < -0.4 is 5.32 Å². The quantitative estimate of drug-likeness (QED) is 0.608. The van der Waals surface area contributed by atoms with E-state index in [9.17, 15) is 0 Å². The molecule has 0 unspecified atom stereocenters. The Labute approximate surface area is 76.6 Å². The number of hydrogen-bond acceptors (Lipinski definition) is 2. The highest BCUT2D eigenvalue weighted by Gasteiger charge is 1.99. The second-order valence-corrected chi connectivity index (χ2v) is 3.62. The second kappa shape index (κ2) is 6.21. The Morgan fingerprint density at radius 1 is 1.50 bits per heavy atom. The van der Waals surface area contributed by atoms with Crippen LogP contribution in [-0.4, -0.2) is 37.6 Å². The number of nitrogens with one attached hydrogen (secondary N) is 1. The molecule has 0 aromatic heterocycles. The van der Waals surface area contributed by atoms with Crippen LogP contribution in [-0.2, 0) is 0 Å². The zero-order valence-corrected chi connectivity index (χ0v) is 8.85. The minimum Gasteiger partial charge on any atom is -0.311 e. The van der Waals surface area contributed by atoms with E-state index < -0.39 is 0 Å². The molecular formula is C10H22N2. The predicted octanol–water partition coefficient (Wildman–Crippen LogP) is 1.49. The number of likely N-dealkylation sites (N-methyl/N-ethyl adjacent to an activating group) is 1. The molecule has 0 atom stereocenters. The lowest BCUT2D eigenvalue weighted by Crippen LogP contribution is -2.29. The molecule has 0 saturated heterocycles. The monoisotopic (exact) mass is 170 g/mol. The van der Waals surface area contributed by atoms with Crippen molar-refractivity contribution in [3.63, 3.8) is 0 Å². The average Bonchev–Trinajstić information content (AvgIpc) is 2.00. The van der Waals surface area contributed by atoms with Crippen LogP contribution in [0.5, 0.6) is 0 Å².